The molecule has 0 saturated heterocycles. The molecule has 0 aliphatic rings. The van der Waals surface area contributed by atoms with Gasteiger partial charge in [0, 0.05) is 11.6 Å². The number of nitrogens with two attached hydrogens (primary N) is 1. The van der Waals surface area contributed by atoms with Crippen molar-refractivity contribution in [3.8, 4) is 5.75 Å². The van der Waals surface area contributed by atoms with E-state index >= 15 is 0 Å². The Bertz CT molecular complexity index is 278. The quantitative estimate of drug-likeness (QED) is 0.662. The Morgan fingerprint density at radius 3 is 2.75 bits per heavy atom. The number of rotatable bonds is 2. The van der Waals surface area contributed by atoms with E-state index in [1.165, 1.54) is 12.1 Å². The van der Waals surface area contributed by atoms with Crippen molar-refractivity contribution in [1.29, 1.82) is 0 Å². The second-order valence-corrected chi connectivity index (χ2v) is 2.48. The van der Waals surface area contributed by atoms with Gasteiger partial charge in [0.1, 0.15) is 17.7 Å². The molecular weight excluding hydrogens is 161 g/mol. The molecular formula is C8H10FNO2. The van der Waals surface area contributed by atoms with Crippen molar-refractivity contribution in [2.75, 3.05) is 0 Å². The van der Waals surface area contributed by atoms with Crippen LogP contribution in [0.25, 0.3) is 0 Å². The van der Waals surface area contributed by atoms with Gasteiger partial charge < -0.3 is 5.11 Å². The van der Waals surface area contributed by atoms with Crippen molar-refractivity contribution in [3.63, 3.8) is 0 Å². The van der Waals surface area contributed by atoms with E-state index in [-0.39, 0.29) is 5.75 Å². The lowest BCUT2D eigenvalue weighted by Crippen LogP contribution is -2.06. The maximum atomic E-state index is 13.0. The molecule has 0 aromatic heterocycles. The Hall–Kier alpha value is -1.13. The van der Waals surface area contributed by atoms with Gasteiger partial charge in [0.05, 0.1) is 0 Å². The summed E-state index contributed by atoms with van der Waals surface area (Å²) in [7, 11) is 0. The molecule has 0 spiro atoms. The molecule has 0 aliphatic carbocycles. The van der Waals surface area contributed by atoms with Gasteiger partial charge in [-0.1, -0.05) is 0 Å². The van der Waals surface area contributed by atoms with Gasteiger partial charge in [-0.15, -0.1) is 0 Å². The maximum absolute atomic E-state index is 13.0. The van der Waals surface area contributed by atoms with Crippen LogP contribution < -0.4 is 5.90 Å². The van der Waals surface area contributed by atoms with Gasteiger partial charge in [-0.05, 0) is 19.1 Å². The summed E-state index contributed by atoms with van der Waals surface area (Å²) >= 11 is 0. The molecule has 0 amide bonds. The number of hydrogen-bond acceptors (Lipinski definition) is 3. The third-order valence-electron chi connectivity index (χ3n) is 1.63. The van der Waals surface area contributed by atoms with Crippen LogP contribution in [0.4, 0.5) is 4.39 Å². The monoisotopic (exact) mass is 171 g/mol. The summed E-state index contributed by atoms with van der Waals surface area (Å²) in [6.45, 7) is 1.62. The van der Waals surface area contributed by atoms with Crippen LogP contribution in [0.5, 0.6) is 5.75 Å². The van der Waals surface area contributed by atoms with E-state index in [0.717, 1.165) is 6.07 Å². The van der Waals surface area contributed by atoms with Gasteiger partial charge in [-0.25, -0.2) is 10.3 Å². The molecule has 0 heterocycles. The predicted octanol–water partition coefficient (Wildman–Crippen LogP) is 1.48. The minimum atomic E-state index is -0.520. The molecule has 1 atom stereocenters. The number of aromatic hydroxyl groups is 1. The van der Waals surface area contributed by atoms with Gasteiger partial charge in [0.2, 0.25) is 0 Å². The van der Waals surface area contributed by atoms with E-state index in [2.05, 4.69) is 4.84 Å². The Kier molecular flexibility index (Phi) is 2.62. The van der Waals surface area contributed by atoms with E-state index in [1.54, 1.807) is 6.92 Å². The van der Waals surface area contributed by atoms with E-state index in [1.807, 2.05) is 0 Å². The molecule has 1 rings (SSSR count). The second kappa shape index (κ2) is 3.51. The van der Waals surface area contributed by atoms with Crippen LogP contribution in [0.15, 0.2) is 18.2 Å². The zero-order chi connectivity index (χ0) is 9.14. The summed E-state index contributed by atoms with van der Waals surface area (Å²) in [5.74, 6) is 4.25. The third kappa shape index (κ3) is 1.72. The molecule has 0 radical (unpaired) electrons. The van der Waals surface area contributed by atoms with Gasteiger partial charge in [0.15, 0.2) is 0 Å². The fourth-order valence-electron chi connectivity index (χ4n) is 0.919. The highest BCUT2D eigenvalue weighted by Gasteiger charge is 2.10. The number of benzene rings is 1. The zero-order valence-corrected chi connectivity index (χ0v) is 6.62. The normalized spacial score (nSPS) is 12.9. The second-order valence-electron chi connectivity index (χ2n) is 2.48. The minimum absolute atomic E-state index is 0.111. The smallest absolute Gasteiger partial charge is 0.132 e. The number of hydrogen-bond donors (Lipinski definition) is 2. The first-order valence-corrected chi connectivity index (χ1v) is 3.49. The molecule has 66 valence electrons. The SMILES string of the molecule is CC(ON)c1ccc(O)cc1F. The largest absolute Gasteiger partial charge is 0.508 e. The first kappa shape index (κ1) is 8.96. The molecule has 0 fully saturated rings. The molecule has 12 heavy (non-hydrogen) atoms. The van der Waals surface area contributed by atoms with E-state index in [9.17, 15) is 4.39 Å². The molecule has 0 bridgehead atoms. The Labute approximate surface area is 69.5 Å². The molecule has 3 nitrogen and oxygen atoms in total. The van der Waals surface area contributed by atoms with E-state index in [0.29, 0.717) is 5.56 Å². The predicted molar refractivity (Wildman–Crippen MR) is 41.8 cm³/mol. The average Bonchev–Trinajstić information content (AvgIpc) is 2.03. The van der Waals surface area contributed by atoms with Crippen LogP contribution >= 0.6 is 0 Å². The van der Waals surface area contributed by atoms with Crippen molar-refractivity contribution in [1.82, 2.24) is 0 Å². The first-order valence-electron chi connectivity index (χ1n) is 3.49. The number of halogens is 1. The van der Waals surface area contributed by atoms with Crippen LogP contribution in [0.1, 0.15) is 18.6 Å². The van der Waals surface area contributed by atoms with Gasteiger partial charge in [-0.2, -0.15) is 0 Å². The highest BCUT2D eigenvalue weighted by molar-refractivity contribution is 5.28. The Morgan fingerprint density at radius 2 is 2.25 bits per heavy atom. The summed E-state index contributed by atoms with van der Waals surface area (Å²) in [6, 6.07) is 3.83. The molecule has 0 saturated carbocycles. The maximum Gasteiger partial charge on any atom is 0.132 e. The van der Waals surface area contributed by atoms with Gasteiger partial charge >= 0.3 is 0 Å². The van der Waals surface area contributed by atoms with Crippen molar-refractivity contribution >= 4 is 0 Å². The molecule has 1 aromatic carbocycles. The average molecular weight is 171 g/mol. The van der Waals surface area contributed by atoms with Crippen LogP contribution in [-0.4, -0.2) is 5.11 Å². The van der Waals surface area contributed by atoms with Crippen molar-refractivity contribution in [2.24, 2.45) is 5.90 Å². The summed E-state index contributed by atoms with van der Waals surface area (Å²) in [6.07, 6.45) is -0.509. The summed E-state index contributed by atoms with van der Waals surface area (Å²) in [5.41, 5.74) is 0.329. The topological polar surface area (TPSA) is 55.5 Å². The molecule has 1 unspecified atom stereocenters. The van der Waals surface area contributed by atoms with Crippen molar-refractivity contribution in [3.05, 3.63) is 29.6 Å². The molecule has 4 heteroatoms. The molecule has 0 aliphatic heterocycles. The summed E-state index contributed by atoms with van der Waals surface area (Å²) in [5, 5.41) is 8.88. The van der Waals surface area contributed by atoms with Crippen molar-refractivity contribution < 1.29 is 14.3 Å². The van der Waals surface area contributed by atoms with Crippen LogP contribution in [0.2, 0.25) is 0 Å². The van der Waals surface area contributed by atoms with Crippen LogP contribution in [-0.2, 0) is 4.84 Å². The minimum Gasteiger partial charge on any atom is -0.508 e. The Balaban J connectivity index is 3.01. The molecule has 1 aromatic rings. The fraction of sp³-hybridized carbons (Fsp3) is 0.250. The van der Waals surface area contributed by atoms with Gasteiger partial charge in [0.25, 0.3) is 0 Å². The lowest BCUT2D eigenvalue weighted by Gasteiger charge is -2.09. The lowest BCUT2D eigenvalue weighted by atomic mass is 10.1. The highest BCUT2D eigenvalue weighted by Crippen LogP contribution is 2.21. The molecule has 3 N–H and O–H groups in total. The Morgan fingerprint density at radius 1 is 1.58 bits per heavy atom. The number of phenolic OH excluding ortho intramolecular Hbond substituents is 1. The zero-order valence-electron chi connectivity index (χ0n) is 6.62. The summed E-state index contributed by atoms with van der Waals surface area (Å²) < 4.78 is 13.0. The van der Waals surface area contributed by atoms with Crippen LogP contribution in [0.3, 0.4) is 0 Å². The van der Waals surface area contributed by atoms with Gasteiger partial charge in [-0.3, -0.25) is 4.84 Å². The van der Waals surface area contributed by atoms with Crippen LogP contribution in [0, 0.1) is 5.82 Å². The lowest BCUT2D eigenvalue weighted by molar-refractivity contribution is 0.0638. The first-order chi connectivity index (χ1) is 5.65. The fourth-order valence-corrected chi connectivity index (χ4v) is 0.919. The standard InChI is InChI=1S/C8H10FNO2/c1-5(12-10)7-3-2-6(11)4-8(7)9/h2-5,11H,10H2,1H3. The third-order valence-corrected chi connectivity index (χ3v) is 1.63. The van der Waals surface area contributed by atoms with E-state index in [4.69, 9.17) is 11.0 Å². The summed E-state index contributed by atoms with van der Waals surface area (Å²) in [4.78, 5) is 4.44. The highest BCUT2D eigenvalue weighted by atomic mass is 19.1. The van der Waals surface area contributed by atoms with E-state index < -0.39 is 11.9 Å². The van der Waals surface area contributed by atoms with Crippen molar-refractivity contribution in [2.45, 2.75) is 13.0 Å². The number of phenols is 1.